The fraction of sp³-hybridized carbons (Fsp3) is 0.500. The van der Waals surface area contributed by atoms with Crippen molar-refractivity contribution in [1.82, 2.24) is 5.16 Å². The predicted octanol–water partition coefficient (Wildman–Crippen LogP) is 1.80. The average molecular weight is 192 g/mol. The zero-order valence-corrected chi connectivity index (χ0v) is 7.82. The Balaban J connectivity index is 2.16. The molecular formula is C10H12N2O2. The van der Waals surface area contributed by atoms with E-state index < -0.39 is 0 Å². The fourth-order valence-corrected chi connectivity index (χ4v) is 2.16. The first-order valence-corrected chi connectivity index (χ1v) is 4.89. The van der Waals surface area contributed by atoms with E-state index >= 15 is 0 Å². The van der Waals surface area contributed by atoms with Crippen LogP contribution in [0, 0.1) is 0 Å². The standard InChI is InChI=1S/C10H12N2O2/c11-6-10(3-1-4-10)9-8-7(14-12-9)2-5-13-8/h2,5H,1,3-4,6,11H2. The van der Waals surface area contributed by atoms with E-state index in [1.807, 2.05) is 0 Å². The molecule has 0 aromatic carbocycles. The zero-order valence-electron chi connectivity index (χ0n) is 7.82. The Kier molecular flexibility index (Phi) is 1.50. The molecule has 0 atom stereocenters. The summed E-state index contributed by atoms with van der Waals surface area (Å²) in [6.45, 7) is 0.620. The highest BCUT2D eigenvalue weighted by Crippen LogP contribution is 2.44. The normalized spacial score (nSPS) is 19.8. The molecule has 0 amide bonds. The van der Waals surface area contributed by atoms with Gasteiger partial charge < -0.3 is 14.7 Å². The van der Waals surface area contributed by atoms with Gasteiger partial charge in [0, 0.05) is 18.0 Å². The minimum absolute atomic E-state index is 0.0170. The van der Waals surface area contributed by atoms with E-state index in [0.717, 1.165) is 29.7 Å². The molecule has 1 aliphatic rings. The minimum Gasteiger partial charge on any atom is -0.459 e. The Morgan fingerprint density at radius 3 is 3.00 bits per heavy atom. The molecule has 2 heterocycles. The second-order valence-electron chi connectivity index (χ2n) is 3.98. The highest BCUT2D eigenvalue weighted by Gasteiger charge is 2.42. The molecule has 4 nitrogen and oxygen atoms in total. The zero-order chi connectivity index (χ0) is 9.60. The van der Waals surface area contributed by atoms with Crippen LogP contribution in [-0.4, -0.2) is 11.7 Å². The van der Waals surface area contributed by atoms with E-state index in [1.54, 1.807) is 12.3 Å². The first-order valence-electron chi connectivity index (χ1n) is 4.89. The molecule has 0 saturated heterocycles. The van der Waals surface area contributed by atoms with Crippen molar-refractivity contribution in [1.29, 1.82) is 0 Å². The van der Waals surface area contributed by atoms with Crippen LogP contribution >= 0.6 is 0 Å². The van der Waals surface area contributed by atoms with Gasteiger partial charge in [-0.05, 0) is 12.8 Å². The predicted molar refractivity (Wildman–Crippen MR) is 50.9 cm³/mol. The number of nitrogens with two attached hydrogens (primary N) is 1. The molecule has 0 spiro atoms. The van der Waals surface area contributed by atoms with Crippen LogP contribution in [0.25, 0.3) is 11.2 Å². The molecule has 0 radical (unpaired) electrons. The van der Waals surface area contributed by atoms with Gasteiger partial charge in [-0.2, -0.15) is 0 Å². The van der Waals surface area contributed by atoms with Gasteiger partial charge in [0.25, 0.3) is 0 Å². The van der Waals surface area contributed by atoms with Crippen molar-refractivity contribution in [2.75, 3.05) is 6.54 Å². The third-order valence-corrected chi connectivity index (χ3v) is 3.28. The van der Waals surface area contributed by atoms with E-state index in [1.165, 1.54) is 6.42 Å². The second kappa shape index (κ2) is 2.60. The Bertz CT molecular complexity index is 448. The molecule has 2 N–H and O–H groups in total. The second-order valence-corrected chi connectivity index (χ2v) is 3.98. The molecule has 2 aromatic rings. The van der Waals surface area contributed by atoms with Crippen molar-refractivity contribution in [3.63, 3.8) is 0 Å². The van der Waals surface area contributed by atoms with Crippen molar-refractivity contribution in [2.45, 2.75) is 24.7 Å². The molecule has 0 bridgehead atoms. The topological polar surface area (TPSA) is 65.2 Å². The summed E-state index contributed by atoms with van der Waals surface area (Å²) in [4.78, 5) is 0. The van der Waals surface area contributed by atoms with E-state index in [9.17, 15) is 0 Å². The first-order chi connectivity index (χ1) is 6.86. The van der Waals surface area contributed by atoms with E-state index in [2.05, 4.69) is 5.16 Å². The smallest absolute Gasteiger partial charge is 0.205 e. The van der Waals surface area contributed by atoms with Crippen LogP contribution in [-0.2, 0) is 5.41 Å². The van der Waals surface area contributed by atoms with E-state index in [0.29, 0.717) is 6.54 Å². The number of nitrogens with zero attached hydrogens (tertiary/aromatic N) is 1. The van der Waals surface area contributed by atoms with Crippen molar-refractivity contribution in [3.05, 3.63) is 18.0 Å². The van der Waals surface area contributed by atoms with Gasteiger partial charge >= 0.3 is 0 Å². The summed E-state index contributed by atoms with van der Waals surface area (Å²) in [6.07, 6.45) is 5.02. The maximum atomic E-state index is 5.80. The lowest BCUT2D eigenvalue weighted by Crippen LogP contribution is -2.41. The molecule has 1 saturated carbocycles. The Morgan fingerprint density at radius 2 is 2.36 bits per heavy atom. The summed E-state index contributed by atoms with van der Waals surface area (Å²) in [7, 11) is 0. The number of furan rings is 1. The molecule has 1 fully saturated rings. The first kappa shape index (κ1) is 8.05. The molecule has 4 heteroatoms. The van der Waals surface area contributed by atoms with Gasteiger partial charge in [-0.1, -0.05) is 11.6 Å². The van der Waals surface area contributed by atoms with Crippen LogP contribution in [0.4, 0.5) is 0 Å². The molecule has 2 aromatic heterocycles. The fourth-order valence-electron chi connectivity index (χ4n) is 2.16. The van der Waals surface area contributed by atoms with Gasteiger partial charge in [0.1, 0.15) is 5.69 Å². The summed E-state index contributed by atoms with van der Waals surface area (Å²) >= 11 is 0. The summed E-state index contributed by atoms with van der Waals surface area (Å²) in [5.74, 6) is 0. The number of hydrogen-bond acceptors (Lipinski definition) is 4. The minimum atomic E-state index is 0.0170. The van der Waals surface area contributed by atoms with Crippen molar-refractivity contribution < 1.29 is 8.94 Å². The number of fused-ring (bicyclic) bond motifs is 1. The lowest BCUT2D eigenvalue weighted by atomic mass is 9.66. The highest BCUT2D eigenvalue weighted by molar-refractivity contribution is 5.74. The summed E-state index contributed by atoms with van der Waals surface area (Å²) in [6, 6.07) is 1.79. The Morgan fingerprint density at radius 1 is 1.50 bits per heavy atom. The van der Waals surface area contributed by atoms with Crippen molar-refractivity contribution in [3.8, 4) is 0 Å². The summed E-state index contributed by atoms with van der Waals surface area (Å²) < 4.78 is 10.5. The number of hydrogen-bond donors (Lipinski definition) is 1. The maximum Gasteiger partial charge on any atom is 0.205 e. The number of rotatable bonds is 2. The highest BCUT2D eigenvalue weighted by atomic mass is 16.5. The van der Waals surface area contributed by atoms with Gasteiger partial charge in [0.2, 0.25) is 5.58 Å². The van der Waals surface area contributed by atoms with Crippen molar-refractivity contribution in [2.24, 2.45) is 5.73 Å². The van der Waals surface area contributed by atoms with Gasteiger partial charge in [-0.25, -0.2) is 0 Å². The number of aromatic nitrogens is 1. The Labute approximate surface area is 81.0 Å². The lowest BCUT2D eigenvalue weighted by molar-refractivity contribution is 0.234. The van der Waals surface area contributed by atoms with Crippen LogP contribution in [0.2, 0.25) is 0 Å². The van der Waals surface area contributed by atoms with Gasteiger partial charge in [-0.15, -0.1) is 0 Å². The molecule has 14 heavy (non-hydrogen) atoms. The summed E-state index contributed by atoms with van der Waals surface area (Å²) in [5.41, 5.74) is 8.22. The largest absolute Gasteiger partial charge is 0.459 e. The molecule has 74 valence electrons. The van der Waals surface area contributed by atoms with Gasteiger partial charge in [0.05, 0.1) is 6.26 Å². The average Bonchev–Trinajstić information content (AvgIpc) is 2.67. The van der Waals surface area contributed by atoms with Crippen LogP contribution in [0.3, 0.4) is 0 Å². The SMILES string of the molecule is NCC1(c2noc3ccoc23)CCC1. The molecule has 0 aliphatic heterocycles. The summed E-state index contributed by atoms with van der Waals surface area (Å²) in [5, 5.41) is 4.07. The van der Waals surface area contributed by atoms with E-state index in [4.69, 9.17) is 14.7 Å². The Hall–Kier alpha value is -1.29. The molecule has 1 aliphatic carbocycles. The van der Waals surface area contributed by atoms with E-state index in [-0.39, 0.29) is 5.41 Å². The van der Waals surface area contributed by atoms with Crippen LogP contribution < -0.4 is 5.73 Å². The van der Waals surface area contributed by atoms with Crippen LogP contribution in [0.5, 0.6) is 0 Å². The van der Waals surface area contributed by atoms with Crippen LogP contribution in [0.1, 0.15) is 25.0 Å². The van der Waals surface area contributed by atoms with Gasteiger partial charge in [-0.3, -0.25) is 0 Å². The third-order valence-electron chi connectivity index (χ3n) is 3.28. The monoisotopic (exact) mass is 192 g/mol. The van der Waals surface area contributed by atoms with Gasteiger partial charge in [0.15, 0.2) is 5.58 Å². The quantitative estimate of drug-likeness (QED) is 0.787. The molecular weight excluding hydrogens is 180 g/mol. The lowest BCUT2D eigenvalue weighted by Gasteiger charge is -2.38. The van der Waals surface area contributed by atoms with Crippen LogP contribution in [0.15, 0.2) is 21.3 Å². The molecule has 0 unspecified atom stereocenters. The molecule has 3 rings (SSSR count). The third kappa shape index (κ3) is 0.838. The van der Waals surface area contributed by atoms with Crippen molar-refractivity contribution >= 4 is 11.2 Å². The maximum absolute atomic E-state index is 5.80.